The molecule has 0 aliphatic carbocycles. The van der Waals surface area contributed by atoms with Crippen LogP contribution in [0.3, 0.4) is 0 Å². The predicted molar refractivity (Wildman–Crippen MR) is 116 cm³/mol. The molecular formula is C24H19ClFN3O. The zero-order chi connectivity index (χ0) is 20.7. The van der Waals surface area contributed by atoms with Crippen LogP contribution in [0, 0.1) is 5.82 Å². The van der Waals surface area contributed by atoms with Gasteiger partial charge in [-0.1, -0.05) is 41.9 Å². The van der Waals surface area contributed by atoms with Gasteiger partial charge < -0.3 is 9.47 Å². The highest BCUT2D eigenvalue weighted by Crippen LogP contribution is 2.34. The summed E-state index contributed by atoms with van der Waals surface area (Å²) in [4.78, 5) is 19.4. The van der Waals surface area contributed by atoms with Crippen molar-refractivity contribution in [3.05, 3.63) is 95.0 Å². The summed E-state index contributed by atoms with van der Waals surface area (Å²) < 4.78 is 16.4. The van der Waals surface area contributed by atoms with Crippen molar-refractivity contribution in [2.24, 2.45) is 0 Å². The van der Waals surface area contributed by atoms with Crippen LogP contribution >= 0.6 is 11.6 Å². The Morgan fingerprint density at radius 3 is 2.53 bits per heavy atom. The van der Waals surface area contributed by atoms with Gasteiger partial charge in [0.2, 0.25) is 5.91 Å². The Kier molecular flexibility index (Phi) is 4.75. The molecule has 6 heteroatoms. The SMILES string of the molecule is O=C1CC(c2nc3ccccc3n2Cc2ccccc2F)CN1c1ccc(Cl)cc1. The van der Waals surface area contributed by atoms with E-state index in [4.69, 9.17) is 16.6 Å². The lowest BCUT2D eigenvalue weighted by Crippen LogP contribution is -2.24. The Bertz CT molecular complexity index is 1230. The number of aromatic nitrogens is 2. The molecule has 0 saturated carbocycles. The van der Waals surface area contributed by atoms with Gasteiger partial charge in [-0.25, -0.2) is 9.37 Å². The number of hydrogen-bond acceptors (Lipinski definition) is 2. The van der Waals surface area contributed by atoms with Gasteiger partial charge in [0, 0.05) is 35.2 Å². The van der Waals surface area contributed by atoms with Crippen molar-refractivity contribution < 1.29 is 9.18 Å². The molecular weight excluding hydrogens is 401 g/mol. The summed E-state index contributed by atoms with van der Waals surface area (Å²) in [7, 11) is 0. The summed E-state index contributed by atoms with van der Waals surface area (Å²) in [5, 5.41) is 0.633. The highest BCUT2D eigenvalue weighted by atomic mass is 35.5. The van der Waals surface area contributed by atoms with Crippen molar-refractivity contribution >= 4 is 34.2 Å². The van der Waals surface area contributed by atoms with Crippen molar-refractivity contribution in [3.63, 3.8) is 0 Å². The Hall–Kier alpha value is -3.18. The van der Waals surface area contributed by atoms with E-state index < -0.39 is 0 Å². The first-order valence-corrected chi connectivity index (χ1v) is 10.2. The smallest absolute Gasteiger partial charge is 0.227 e. The minimum atomic E-state index is -0.244. The molecule has 4 aromatic rings. The lowest BCUT2D eigenvalue weighted by molar-refractivity contribution is -0.117. The van der Waals surface area contributed by atoms with Crippen LogP contribution in [0.4, 0.5) is 10.1 Å². The number of hydrogen-bond donors (Lipinski definition) is 0. The number of carbonyl (C=O) groups is 1. The number of imidazole rings is 1. The number of rotatable bonds is 4. The number of anilines is 1. The second-order valence-corrected chi connectivity index (χ2v) is 7.95. The van der Waals surface area contributed by atoms with Gasteiger partial charge in [-0.3, -0.25) is 4.79 Å². The molecule has 1 aliphatic heterocycles. The minimum Gasteiger partial charge on any atom is -0.323 e. The average Bonchev–Trinajstić information content (AvgIpc) is 3.31. The summed E-state index contributed by atoms with van der Waals surface area (Å²) in [6, 6.07) is 21.9. The maximum absolute atomic E-state index is 14.4. The van der Waals surface area contributed by atoms with Gasteiger partial charge in [-0.15, -0.1) is 0 Å². The lowest BCUT2D eigenvalue weighted by atomic mass is 10.1. The minimum absolute atomic E-state index is 0.0480. The van der Waals surface area contributed by atoms with Gasteiger partial charge in [-0.2, -0.15) is 0 Å². The van der Waals surface area contributed by atoms with Crippen LogP contribution in [-0.4, -0.2) is 22.0 Å². The fourth-order valence-corrected chi connectivity index (χ4v) is 4.25. The molecule has 1 aliphatic rings. The molecule has 1 unspecified atom stereocenters. The van der Waals surface area contributed by atoms with E-state index in [0.29, 0.717) is 30.1 Å². The van der Waals surface area contributed by atoms with Crippen LogP contribution < -0.4 is 4.90 Å². The highest BCUT2D eigenvalue weighted by Gasteiger charge is 2.35. The molecule has 150 valence electrons. The third-order valence-corrected chi connectivity index (χ3v) is 5.85. The van der Waals surface area contributed by atoms with Crippen LogP contribution in [0.1, 0.15) is 23.7 Å². The van der Waals surface area contributed by atoms with E-state index >= 15 is 0 Å². The number of fused-ring (bicyclic) bond motifs is 1. The number of carbonyl (C=O) groups excluding carboxylic acids is 1. The van der Waals surface area contributed by atoms with Gasteiger partial charge >= 0.3 is 0 Å². The third-order valence-electron chi connectivity index (χ3n) is 5.60. The number of halogens is 2. The molecule has 0 radical (unpaired) electrons. The number of amides is 1. The maximum atomic E-state index is 14.4. The largest absolute Gasteiger partial charge is 0.323 e. The van der Waals surface area contributed by atoms with Gasteiger partial charge in [-0.05, 0) is 42.5 Å². The summed E-state index contributed by atoms with van der Waals surface area (Å²) in [6.45, 7) is 0.898. The number of para-hydroxylation sites is 2. The molecule has 1 aromatic heterocycles. The third kappa shape index (κ3) is 3.35. The predicted octanol–water partition coefficient (Wildman–Crippen LogP) is 5.40. The quantitative estimate of drug-likeness (QED) is 0.444. The van der Waals surface area contributed by atoms with E-state index in [0.717, 1.165) is 22.5 Å². The first-order valence-electron chi connectivity index (χ1n) is 9.84. The standard InChI is InChI=1S/C24H19ClFN3O/c25-18-9-11-19(12-10-18)28-15-17(13-23(28)30)24-27-21-7-3-4-8-22(21)29(24)14-16-5-1-2-6-20(16)26/h1-12,17H,13-15H2. The molecule has 3 aromatic carbocycles. The normalized spacial score (nSPS) is 16.5. The van der Waals surface area contributed by atoms with E-state index in [-0.39, 0.29) is 17.6 Å². The van der Waals surface area contributed by atoms with Crippen LogP contribution in [0.25, 0.3) is 11.0 Å². The number of benzene rings is 3. The average molecular weight is 420 g/mol. The maximum Gasteiger partial charge on any atom is 0.227 e. The van der Waals surface area contributed by atoms with Crippen molar-refractivity contribution in [1.82, 2.24) is 9.55 Å². The van der Waals surface area contributed by atoms with Crippen LogP contribution in [0.15, 0.2) is 72.8 Å². The van der Waals surface area contributed by atoms with Crippen LogP contribution in [0.2, 0.25) is 5.02 Å². The molecule has 1 atom stereocenters. The van der Waals surface area contributed by atoms with Crippen molar-refractivity contribution in [2.75, 3.05) is 11.4 Å². The Morgan fingerprint density at radius 1 is 1.00 bits per heavy atom. The van der Waals surface area contributed by atoms with Gasteiger partial charge in [0.15, 0.2) is 0 Å². The van der Waals surface area contributed by atoms with E-state index in [9.17, 15) is 9.18 Å². The first kappa shape index (κ1) is 18.8. The first-order chi connectivity index (χ1) is 14.6. The molecule has 1 saturated heterocycles. The number of nitrogens with zero attached hydrogens (tertiary/aromatic N) is 3. The van der Waals surface area contributed by atoms with Gasteiger partial charge in [0.25, 0.3) is 0 Å². The zero-order valence-electron chi connectivity index (χ0n) is 16.1. The Balaban J connectivity index is 1.53. The monoisotopic (exact) mass is 419 g/mol. The van der Waals surface area contributed by atoms with Crippen LogP contribution in [-0.2, 0) is 11.3 Å². The Labute approximate surface area is 178 Å². The Morgan fingerprint density at radius 2 is 1.73 bits per heavy atom. The van der Waals surface area contributed by atoms with Crippen LogP contribution in [0.5, 0.6) is 0 Å². The summed E-state index contributed by atoms with van der Waals surface area (Å²) in [6.07, 6.45) is 0.364. The summed E-state index contributed by atoms with van der Waals surface area (Å²) in [5.41, 5.74) is 3.21. The van der Waals surface area contributed by atoms with Crippen molar-refractivity contribution in [3.8, 4) is 0 Å². The molecule has 4 nitrogen and oxygen atoms in total. The molecule has 0 N–H and O–H groups in total. The van der Waals surface area contributed by atoms with Crippen molar-refractivity contribution in [2.45, 2.75) is 18.9 Å². The molecule has 0 spiro atoms. The second kappa shape index (κ2) is 7.58. The molecule has 30 heavy (non-hydrogen) atoms. The fourth-order valence-electron chi connectivity index (χ4n) is 4.12. The van der Waals surface area contributed by atoms with Crippen molar-refractivity contribution in [1.29, 1.82) is 0 Å². The molecule has 5 rings (SSSR count). The summed E-state index contributed by atoms with van der Waals surface area (Å²) in [5.74, 6) is 0.537. The fraction of sp³-hybridized carbons (Fsp3) is 0.167. The molecule has 0 bridgehead atoms. The summed E-state index contributed by atoms with van der Waals surface area (Å²) >= 11 is 5.99. The van der Waals surface area contributed by atoms with Gasteiger partial charge in [0.05, 0.1) is 17.6 Å². The highest BCUT2D eigenvalue weighted by molar-refractivity contribution is 6.30. The van der Waals surface area contributed by atoms with Gasteiger partial charge in [0.1, 0.15) is 11.6 Å². The second-order valence-electron chi connectivity index (χ2n) is 7.52. The topological polar surface area (TPSA) is 38.1 Å². The van der Waals surface area contributed by atoms with E-state index in [1.807, 2.05) is 47.0 Å². The molecule has 2 heterocycles. The zero-order valence-corrected chi connectivity index (χ0v) is 16.9. The molecule has 1 amide bonds. The van der Waals surface area contributed by atoms with E-state index in [2.05, 4.69) is 0 Å². The van der Waals surface area contributed by atoms with E-state index in [1.54, 1.807) is 29.2 Å². The lowest BCUT2D eigenvalue weighted by Gasteiger charge is -2.17. The van der Waals surface area contributed by atoms with E-state index in [1.165, 1.54) is 6.07 Å². The molecule has 1 fully saturated rings.